The predicted octanol–water partition coefficient (Wildman–Crippen LogP) is 2.17. The van der Waals surface area contributed by atoms with E-state index < -0.39 is 0 Å². The summed E-state index contributed by atoms with van der Waals surface area (Å²) in [4.78, 5) is 4.72. The smallest absolute Gasteiger partial charge is 0.110 e. The van der Waals surface area contributed by atoms with Crippen molar-refractivity contribution in [2.75, 3.05) is 6.61 Å². The molecule has 1 aromatic carbocycles. The van der Waals surface area contributed by atoms with Gasteiger partial charge in [-0.05, 0) is 44.9 Å². The molecule has 1 heterocycles. The highest BCUT2D eigenvalue weighted by Gasteiger charge is 2.21. The summed E-state index contributed by atoms with van der Waals surface area (Å²) in [6, 6.07) is 6.21. The zero-order valence-corrected chi connectivity index (χ0v) is 12.0. The van der Waals surface area contributed by atoms with Gasteiger partial charge in [-0.2, -0.15) is 0 Å². The number of aliphatic hydroxyl groups is 1. The maximum atomic E-state index is 9.02. The topological polar surface area (TPSA) is 64.1 Å². The first-order chi connectivity index (χ1) is 8.97. The van der Waals surface area contributed by atoms with Crippen molar-refractivity contribution < 1.29 is 5.11 Å². The van der Waals surface area contributed by atoms with Crippen LogP contribution in [-0.4, -0.2) is 21.3 Å². The number of nitrogens with two attached hydrogens (primary N) is 1. The fourth-order valence-corrected chi connectivity index (χ4v) is 2.46. The van der Waals surface area contributed by atoms with Crippen LogP contribution < -0.4 is 5.73 Å². The third-order valence-electron chi connectivity index (χ3n) is 3.25. The van der Waals surface area contributed by atoms with Gasteiger partial charge in [0.15, 0.2) is 0 Å². The maximum absolute atomic E-state index is 9.02. The van der Waals surface area contributed by atoms with Crippen molar-refractivity contribution in [1.29, 1.82) is 0 Å². The molecule has 2 aromatic rings. The van der Waals surface area contributed by atoms with Crippen LogP contribution >= 0.6 is 0 Å². The molecule has 104 valence electrons. The van der Waals surface area contributed by atoms with Crippen LogP contribution in [0.4, 0.5) is 0 Å². The Balaban J connectivity index is 2.59. The zero-order valence-electron chi connectivity index (χ0n) is 12.0. The molecule has 1 aromatic heterocycles. The van der Waals surface area contributed by atoms with Crippen molar-refractivity contribution in [1.82, 2.24) is 9.55 Å². The minimum Gasteiger partial charge on any atom is -0.396 e. The van der Waals surface area contributed by atoms with Crippen LogP contribution in [0.3, 0.4) is 0 Å². The van der Waals surface area contributed by atoms with Crippen molar-refractivity contribution in [3.8, 4) is 0 Å². The number of aliphatic hydroxyl groups excluding tert-OH is 1. The minimum absolute atomic E-state index is 0.0240. The molecule has 4 heteroatoms. The van der Waals surface area contributed by atoms with Gasteiger partial charge in [-0.25, -0.2) is 4.98 Å². The molecular weight excluding hydrogens is 238 g/mol. The summed E-state index contributed by atoms with van der Waals surface area (Å²) in [5.74, 6) is 1.03. The first kappa shape index (κ1) is 14.0. The molecule has 0 spiro atoms. The summed E-state index contributed by atoms with van der Waals surface area (Å²) < 4.78 is 2.26. The van der Waals surface area contributed by atoms with Gasteiger partial charge in [-0.1, -0.05) is 6.07 Å². The molecule has 2 rings (SSSR count). The van der Waals surface area contributed by atoms with Crippen molar-refractivity contribution in [3.63, 3.8) is 0 Å². The molecule has 0 bridgehead atoms. The second-order valence-corrected chi connectivity index (χ2v) is 5.89. The number of benzene rings is 1. The molecule has 0 aliphatic rings. The fourth-order valence-electron chi connectivity index (χ4n) is 2.46. The SMILES string of the molecule is CC(C)(C)n1c(CCCO)nc2cc(CN)ccc21. The molecule has 0 fully saturated rings. The summed E-state index contributed by atoms with van der Waals surface area (Å²) in [6.45, 7) is 7.25. The van der Waals surface area contributed by atoms with Crippen LogP contribution in [0.25, 0.3) is 11.0 Å². The molecule has 3 N–H and O–H groups in total. The van der Waals surface area contributed by atoms with Gasteiger partial charge >= 0.3 is 0 Å². The van der Waals surface area contributed by atoms with Crippen molar-refractivity contribution >= 4 is 11.0 Å². The highest BCUT2D eigenvalue weighted by molar-refractivity contribution is 5.77. The highest BCUT2D eigenvalue weighted by Crippen LogP contribution is 2.26. The Labute approximate surface area is 114 Å². The Kier molecular flexibility index (Phi) is 3.92. The summed E-state index contributed by atoms with van der Waals surface area (Å²) in [5, 5.41) is 9.02. The van der Waals surface area contributed by atoms with E-state index in [1.54, 1.807) is 0 Å². The van der Waals surface area contributed by atoms with Crippen LogP contribution in [0.5, 0.6) is 0 Å². The van der Waals surface area contributed by atoms with Crippen LogP contribution in [-0.2, 0) is 18.5 Å². The van der Waals surface area contributed by atoms with Gasteiger partial charge in [0.05, 0.1) is 11.0 Å². The molecule has 0 unspecified atom stereocenters. The number of rotatable bonds is 4. The summed E-state index contributed by atoms with van der Waals surface area (Å²) in [6.07, 6.45) is 1.53. The van der Waals surface area contributed by atoms with E-state index in [-0.39, 0.29) is 12.1 Å². The van der Waals surface area contributed by atoms with Crippen LogP contribution in [0.2, 0.25) is 0 Å². The number of hydrogen-bond donors (Lipinski definition) is 2. The zero-order chi connectivity index (χ0) is 14.0. The van der Waals surface area contributed by atoms with Crippen molar-refractivity contribution in [3.05, 3.63) is 29.6 Å². The third kappa shape index (κ3) is 2.80. The Morgan fingerprint density at radius 1 is 1.32 bits per heavy atom. The van der Waals surface area contributed by atoms with Gasteiger partial charge in [-0.3, -0.25) is 0 Å². The largest absolute Gasteiger partial charge is 0.396 e. The van der Waals surface area contributed by atoms with Gasteiger partial charge in [0.2, 0.25) is 0 Å². The average molecular weight is 261 g/mol. The first-order valence-corrected chi connectivity index (χ1v) is 6.79. The van der Waals surface area contributed by atoms with Gasteiger partial charge in [0.25, 0.3) is 0 Å². The molecule has 4 nitrogen and oxygen atoms in total. The quantitative estimate of drug-likeness (QED) is 0.886. The average Bonchev–Trinajstić information content (AvgIpc) is 2.72. The number of nitrogens with zero attached hydrogens (tertiary/aromatic N) is 2. The molecular formula is C15H23N3O. The minimum atomic E-state index is -0.0240. The fraction of sp³-hybridized carbons (Fsp3) is 0.533. The van der Waals surface area contributed by atoms with Crippen LogP contribution in [0.1, 0.15) is 38.6 Å². The Morgan fingerprint density at radius 3 is 2.63 bits per heavy atom. The van der Waals surface area contributed by atoms with E-state index in [1.807, 2.05) is 0 Å². The second-order valence-electron chi connectivity index (χ2n) is 5.89. The molecule has 0 atom stereocenters. The predicted molar refractivity (Wildman–Crippen MR) is 78.0 cm³/mol. The van der Waals surface area contributed by atoms with Crippen molar-refractivity contribution in [2.24, 2.45) is 5.73 Å². The normalized spacial score (nSPS) is 12.3. The lowest BCUT2D eigenvalue weighted by atomic mass is 10.1. The number of aryl methyl sites for hydroxylation is 1. The van der Waals surface area contributed by atoms with E-state index in [9.17, 15) is 0 Å². The van der Waals surface area contributed by atoms with E-state index in [0.29, 0.717) is 6.54 Å². The van der Waals surface area contributed by atoms with E-state index in [1.165, 1.54) is 0 Å². The standard InChI is InChI=1S/C15H23N3O/c1-15(2,3)18-13-7-6-11(10-16)9-12(13)17-14(18)5-4-8-19/h6-7,9,19H,4-5,8,10,16H2,1-3H3. The Bertz CT molecular complexity index is 567. The van der Waals surface area contributed by atoms with Gasteiger partial charge in [-0.15, -0.1) is 0 Å². The van der Waals surface area contributed by atoms with E-state index in [0.717, 1.165) is 35.3 Å². The summed E-state index contributed by atoms with van der Waals surface area (Å²) in [7, 11) is 0. The monoisotopic (exact) mass is 261 g/mol. The molecule has 0 amide bonds. The van der Waals surface area contributed by atoms with Gasteiger partial charge in [0, 0.05) is 25.1 Å². The van der Waals surface area contributed by atoms with Gasteiger partial charge < -0.3 is 15.4 Å². The number of aromatic nitrogens is 2. The van der Waals surface area contributed by atoms with Gasteiger partial charge in [0.1, 0.15) is 5.82 Å². The van der Waals surface area contributed by atoms with Crippen molar-refractivity contribution in [2.45, 2.75) is 45.7 Å². The summed E-state index contributed by atoms with van der Waals surface area (Å²) >= 11 is 0. The molecule has 0 radical (unpaired) electrons. The highest BCUT2D eigenvalue weighted by atomic mass is 16.2. The first-order valence-electron chi connectivity index (χ1n) is 6.79. The Hall–Kier alpha value is -1.39. The lowest BCUT2D eigenvalue weighted by Crippen LogP contribution is -2.24. The number of hydrogen-bond acceptors (Lipinski definition) is 3. The number of imidazole rings is 1. The second kappa shape index (κ2) is 5.31. The Morgan fingerprint density at radius 2 is 2.05 bits per heavy atom. The molecule has 19 heavy (non-hydrogen) atoms. The lowest BCUT2D eigenvalue weighted by Gasteiger charge is -2.24. The lowest BCUT2D eigenvalue weighted by molar-refractivity contribution is 0.284. The van der Waals surface area contributed by atoms with E-state index >= 15 is 0 Å². The van der Waals surface area contributed by atoms with Crippen LogP contribution in [0.15, 0.2) is 18.2 Å². The summed E-state index contributed by atoms with van der Waals surface area (Å²) in [5.41, 5.74) is 8.89. The molecule has 0 saturated heterocycles. The molecule has 0 saturated carbocycles. The van der Waals surface area contributed by atoms with Crippen LogP contribution in [0, 0.1) is 0 Å². The van der Waals surface area contributed by atoms with E-state index in [4.69, 9.17) is 15.8 Å². The number of fused-ring (bicyclic) bond motifs is 1. The maximum Gasteiger partial charge on any atom is 0.110 e. The molecule has 0 aliphatic heterocycles. The van der Waals surface area contributed by atoms with E-state index in [2.05, 4.69) is 43.5 Å². The third-order valence-corrected chi connectivity index (χ3v) is 3.25. The molecule has 0 aliphatic carbocycles.